The second-order valence-corrected chi connectivity index (χ2v) is 3.46. The van der Waals surface area contributed by atoms with Crippen LogP contribution < -0.4 is 0 Å². The van der Waals surface area contributed by atoms with E-state index >= 15 is 0 Å². The zero-order valence-corrected chi connectivity index (χ0v) is 9.43. The number of carbonyl (C=O) groups is 2. The van der Waals surface area contributed by atoms with Crippen LogP contribution in [0.2, 0.25) is 0 Å². The van der Waals surface area contributed by atoms with Crippen molar-refractivity contribution in [2.45, 2.75) is 26.3 Å². The Labute approximate surface area is 92.8 Å². The van der Waals surface area contributed by atoms with Gasteiger partial charge in [-0.05, 0) is 6.92 Å². The summed E-state index contributed by atoms with van der Waals surface area (Å²) in [5.41, 5.74) is 0.132. The Morgan fingerprint density at radius 1 is 1.62 bits per heavy atom. The molecular weight excluding hydrogens is 212 g/mol. The SMILES string of the molecule is CCc1cc(C(=O)N(C)C(C)C(=O)O)no1. The first kappa shape index (κ1) is 12.2. The van der Waals surface area contributed by atoms with Gasteiger partial charge >= 0.3 is 5.97 Å². The van der Waals surface area contributed by atoms with Gasteiger partial charge in [-0.3, -0.25) is 4.79 Å². The fourth-order valence-corrected chi connectivity index (χ4v) is 1.10. The van der Waals surface area contributed by atoms with Crippen molar-refractivity contribution in [3.05, 3.63) is 17.5 Å². The highest BCUT2D eigenvalue weighted by atomic mass is 16.5. The lowest BCUT2D eigenvalue weighted by Crippen LogP contribution is -2.40. The predicted octanol–water partition coefficient (Wildman–Crippen LogP) is 0.782. The summed E-state index contributed by atoms with van der Waals surface area (Å²) in [5.74, 6) is -0.923. The van der Waals surface area contributed by atoms with Crippen LogP contribution in [0.25, 0.3) is 0 Å². The van der Waals surface area contributed by atoms with Crippen LogP contribution in [-0.4, -0.2) is 40.1 Å². The Morgan fingerprint density at radius 3 is 2.69 bits per heavy atom. The number of carboxylic acids is 1. The van der Waals surface area contributed by atoms with Crippen molar-refractivity contribution in [3.63, 3.8) is 0 Å². The molecule has 0 radical (unpaired) electrons. The molecule has 1 aromatic heterocycles. The van der Waals surface area contributed by atoms with Crippen LogP contribution in [-0.2, 0) is 11.2 Å². The average Bonchev–Trinajstić information content (AvgIpc) is 2.74. The maximum Gasteiger partial charge on any atom is 0.326 e. The lowest BCUT2D eigenvalue weighted by molar-refractivity contribution is -0.141. The molecule has 0 aliphatic heterocycles. The van der Waals surface area contributed by atoms with E-state index in [1.807, 2.05) is 6.92 Å². The fourth-order valence-electron chi connectivity index (χ4n) is 1.10. The van der Waals surface area contributed by atoms with Crippen molar-refractivity contribution in [2.24, 2.45) is 0 Å². The highest BCUT2D eigenvalue weighted by Gasteiger charge is 2.24. The molecule has 0 saturated heterocycles. The number of aromatic nitrogens is 1. The number of amides is 1. The molecule has 0 saturated carbocycles. The van der Waals surface area contributed by atoms with Gasteiger partial charge in [-0.15, -0.1) is 0 Å². The first-order valence-corrected chi connectivity index (χ1v) is 4.93. The van der Waals surface area contributed by atoms with Crippen molar-refractivity contribution in [2.75, 3.05) is 7.05 Å². The van der Waals surface area contributed by atoms with Gasteiger partial charge in [0.15, 0.2) is 5.69 Å². The van der Waals surface area contributed by atoms with Crippen molar-refractivity contribution >= 4 is 11.9 Å². The molecule has 1 heterocycles. The summed E-state index contributed by atoms with van der Waals surface area (Å²) in [7, 11) is 1.42. The molecular formula is C10H14N2O4. The second kappa shape index (κ2) is 4.78. The largest absolute Gasteiger partial charge is 0.480 e. The van der Waals surface area contributed by atoms with Gasteiger partial charge in [0.25, 0.3) is 5.91 Å². The minimum absolute atomic E-state index is 0.132. The lowest BCUT2D eigenvalue weighted by Gasteiger charge is -2.19. The van der Waals surface area contributed by atoms with Crippen LogP contribution in [0.4, 0.5) is 0 Å². The molecule has 88 valence electrons. The van der Waals surface area contributed by atoms with Crippen LogP contribution >= 0.6 is 0 Å². The molecule has 6 nitrogen and oxygen atoms in total. The third kappa shape index (κ3) is 2.39. The summed E-state index contributed by atoms with van der Waals surface area (Å²) in [5, 5.41) is 12.4. The van der Waals surface area contributed by atoms with E-state index in [1.54, 1.807) is 0 Å². The van der Waals surface area contributed by atoms with Crippen molar-refractivity contribution < 1.29 is 19.2 Å². The van der Waals surface area contributed by atoms with E-state index in [-0.39, 0.29) is 5.69 Å². The highest BCUT2D eigenvalue weighted by molar-refractivity contribution is 5.94. The lowest BCUT2D eigenvalue weighted by atomic mass is 10.2. The molecule has 1 N–H and O–H groups in total. The molecule has 1 aromatic rings. The van der Waals surface area contributed by atoms with Gasteiger partial charge in [-0.2, -0.15) is 0 Å². The first-order valence-electron chi connectivity index (χ1n) is 4.93. The number of aryl methyl sites for hydroxylation is 1. The number of carboxylic acid groups (broad SMARTS) is 1. The van der Waals surface area contributed by atoms with E-state index in [2.05, 4.69) is 5.16 Å². The maximum atomic E-state index is 11.8. The molecule has 1 unspecified atom stereocenters. The van der Waals surface area contributed by atoms with E-state index < -0.39 is 17.9 Å². The highest BCUT2D eigenvalue weighted by Crippen LogP contribution is 2.08. The Bertz CT molecular complexity index is 399. The minimum Gasteiger partial charge on any atom is -0.480 e. The third-order valence-electron chi connectivity index (χ3n) is 2.39. The number of aliphatic carboxylic acids is 1. The molecule has 0 aliphatic rings. The van der Waals surface area contributed by atoms with Crippen LogP contribution in [0.1, 0.15) is 30.1 Å². The van der Waals surface area contributed by atoms with Gasteiger partial charge in [0.05, 0.1) is 0 Å². The van der Waals surface area contributed by atoms with Crippen LogP contribution in [0, 0.1) is 0 Å². The van der Waals surface area contributed by atoms with E-state index in [0.717, 1.165) is 4.90 Å². The van der Waals surface area contributed by atoms with Crippen LogP contribution in [0.5, 0.6) is 0 Å². The van der Waals surface area contributed by atoms with Crippen molar-refractivity contribution in [1.82, 2.24) is 10.1 Å². The standard InChI is InChI=1S/C10H14N2O4/c1-4-7-5-8(11-16-7)9(13)12(3)6(2)10(14)15/h5-6H,4H2,1-3H3,(H,14,15). The number of nitrogens with zero attached hydrogens (tertiary/aromatic N) is 2. The molecule has 1 rings (SSSR count). The number of carbonyl (C=O) groups excluding carboxylic acids is 1. The Kier molecular flexibility index (Phi) is 3.65. The van der Waals surface area contributed by atoms with Gasteiger partial charge in [-0.25, -0.2) is 4.79 Å². The zero-order chi connectivity index (χ0) is 12.3. The third-order valence-corrected chi connectivity index (χ3v) is 2.39. The molecule has 16 heavy (non-hydrogen) atoms. The molecule has 1 atom stereocenters. The van der Waals surface area contributed by atoms with E-state index in [1.165, 1.54) is 20.0 Å². The summed E-state index contributed by atoms with van der Waals surface area (Å²) >= 11 is 0. The van der Waals surface area contributed by atoms with Gasteiger partial charge in [0, 0.05) is 19.5 Å². The van der Waals surface area contributed by atoms with E-state index in [4.69, 9.17) is 9.63 Å². The van der Waals surface area contributed by atoms with Gasteiger partial charge < -0.3 is 14.5 Å². The predicted molar refractivity (Wildman–Crippen MR) is 55.1 cm³/mol. The Morgan fingerprint density at radius 2 is 2.25 bits per heavy atom. The molecule has 0 aromatic carbocycles. The van der Waals surface area contributed by atoms with Gasteiger partial charge in [-0.1, -0.05) is 12.1 Å². The van der Waals surface area contributed by atoms with Gasteiger partial charge in [0.1, 0.15) is 11.8 Å². The monoisotopic (exact) mass is 226 g/mol. The first-order chi connectivity index (χ1) is 7.47. The molecule has 1 amide bonds. The molecule has 0 bridgehead atoms. The molecule has 0 fully saturated rings. The average molecular weight is 226 g/mol. The topological polar surface area (TPSA) is 83.6 Å². The Hall–Kier alpha value is -1.85. The molecule has 6 heteroatoms. The maximum absolute atomic E-state index is 11.8. The fraction of sp³-hybridized carbons (Fsp3) is 0.500. The van der Waals surface area contributed by atoms with Crippen molar-refractivity contribution in [3.8, 4) is 0 Å². The molecule has 0 aliphatic carbocycles. The minimum atomic E-state index is -1.06. The summed E-state index contributed by atoms with van der Waals surface area (Å²) in [6, 6.07) is 0.627. The number of hydrogen-bond acceptors (Lipinski definition) is 4. The second-order valence-electron chi connectivity index (χ2n) is 3.46. The Balaban J connectivity index is 2.81. The summed E-state index contributed by atoms with van der Waals surface area (Å²) < 4.78 is 4.88. The van der Waals surface area contributed by atoms with Crippen LogP contribution in [0.3, 0.4) is 0 Å². The van der Waals surface area contributed by atoms with E-state index in [9.17, 15) is 9.59 Å². The smallest absolute Gasteiger partial charge is 0.326 e. The quantitative estimate of drug-likeness (QED) is 0.820. The number of likely N-dealkylation sites (N-methyl/N-ethyl adjacent to an activating group) is 1. The molecule has 0 spiro atoms. The normalized spacial score (nSPS) is 12.2. The number of hydrogen-bond donors (Lipinski definition) is 1. The van der Waals surface area contributed by atoms with Gasteiger partial charge in [0.2, 0.25) is 0 Å². The zero-order valence-electron chi connectivity index (χ0n) is 9.43. The number of rotatable bonds is 4. The summed E-state index contributed by atoms with van der Waals surface area (Å²) in [4.78, 5) is 23.6. The van der Waals surface area contributed by atoms with Crippen LogP contribution in [0.15, 0.2) is 10.6 Å². The summed E-state index contributed by atoms with van der Waals surface area (Å²) in [6.07, 6.45) is 0.637. The van der Waals surface area contributed by atoms with E-state index in [0.29, 0.717) is 12.2 Å². The summed E-state index contributed by atoms with van der Waals surface area (Å²) in [6.45, 7) is 3.30. The van der Waals surface area contributed by atoms with Crippen molar-refractivity contribution in [1.29, 1.82) is 0 Å².